The maximum atomic E-state index is 13.3. The minimum absolute atomic E-state index is 0.123. The van der Waals surface area contributed by atoms with Crippen LogP contribution in [0.25, 0.3) is 0 Å². The van der Waals surface area contributed by atoms with E-state index in [0.717, 1.165) is 11.1 Å². The summed E-state index contributed by atoms with van der Waals surface area (Å²) in [5.41, 5.74) is 1.85. The van der Waals surface area contributed by atoms with Crippen LogP contribution >= 0.6 is 0 Å². The zero-order chi connectivity index (χ0) is 22.6. The Kier molecular flexibility index (Phi) is 8.83. The van der Waals surface area contributed by atoms with Crippen LogP contribution in [0.2, 0.25) is 0 Å². The van der Waals surface area contributed by atoms with Gasteiger partial charge in [0.15, 0.2) is 6.61 Å². The minimum atomic E-state index is -0.754. The summed E-state index contributed by atoms with van der Waals surface area (Å²) in [4.78, 5) is 27.9. The molecule has 3 aromatic rings. The molecule has 0 aromatic heterocycles. The number of carbonyl (C=O) groups excluding carboxylic acids is 2. The van der Waals surface area contributed by atoms with E-state index in [0.29, 0.717) is 12.2 Å². The molecule has 32 heavy (non-hydrogen) atoms. The number of nitrogens with one attached hydrogen (secondary N) is 1. The number of hydrogen-bond donors (Lipinski definition) is 2. The molecule has 0 aliphatic rings. The molecule has 0 fully saturated rings. The van der Waals surface area contributed by atoms with Gasteiger partial charge >= 0.3 is 0 Å². The molecular formula is C26H28N2O4. The zero-order valence-corrected chi connectivity index (χ0v) is 17.9. The summed E-state index contributed by atoms with van der Waals surface area (Å²) in [7, 11) is 0. The maximum Gasteiger partial charge on any atom is 0.261 e. The number of ether oxygens (including phenoxy) is 1. The van der Waals surface area contributed by atoms with Crippen LogP contribution in [0.15, 0.2) is 91.0 Å². The predicted molar refractivity (Wildman–Crippen MR) is 123 cm³/mol. The van der Waals surface area contributed by atoms with Gasteiger partial charge in [0.1, 0.15) is 11.8 Å². The Morgan fingerprint density at radius 3 is 2.00 bits per heavy atom. The number of carbonyl (C=O) groups is 2. The lowest BCUT2D eigenvalue weighted by Crippen LogP contribution is -2.52. The number of rotatable bonds is 11. The monoisotopic (exact) mass is 432 g/mol. The Morgan fingerprint density at radius 2 is 1.41 bits per heavy atom. The van der Waals surface area contributed by atoms with Crippen molar-refractivity contribution in [3.05, 3.63) is 102 Å². The van der Waals surface area contributed by atoms with Crippen molar-refractivity contribution >= 4 is 11.8 Å². The second-order valence-electron chi connectivity index (χ2n) is 7.33. The number of aliphatic hydroxyl groups is 1. The van der Waals surface area contributed by atoms with Crippen molar-refractivity contribution in [1.29, 1.82) is 0 Å². The molecule has 0 unspecified atom stereocenters. The van der Waals surface area contributed by atoms with Crippen LogP contribution < -0.4 is 10.1 Å². The third-order valence-electron chi connectivity index (χ3n) is 4.98. The molecule has 0 spiro atoms. The van der Waals surface area contributed by atoms with Crippen LogP contribution in [-0.4, -0.2) is 47.6 Å². The van der Waals surface area contributed by atoms with E-state index in [2.05, 4.69) is 5.32 Å². The van der Waals surface area contributed by atoms with E-state index in [1.807, 2.05) is 78.9 Å². The predicted octanol–water partition coefficient (Wildman–Crippen LogP) is 2.81. The number of hydrogen-bond acceptors (Lipinski definition) is 4. The van der Waals surface area contributed by atoms with Crippen molar-refractivity contribution in [2.45, 2.75) is 19.0 Å². The van der Waals surface area contributed by atoms with Gasteiger partial charge in [0.05, 0.1) is 6.61 Å². The Labute approximate surface area is 188 Å². The molecule has 6 nitrogen and oxygen atoms in total. The zero-order valence-electron chi connectivity index (χ0n) is 17.9. The number of amides is 2. The highest BCUT2D eigenvalue weighted by Gasteiger charge is 2.30. The molecule has 0 saturated heterocycles. The highest BCUT2D eigenvalue weighted by molar-refractivity contribution is 5.88. The van der Waals surface area contributed by atoms with Crippen molar-refractivity contribution in [3.63, 3.8) is 0 Å². The van der Waals surface area contributed by atoms with Crippen LogP contribution in [0.3, 0.4) is 0 Å². The van der Waals surface area contributed by atoms with Gasteiger partial charge in [0.25, 0.3) is 5.91 Å². The maximum absolute atomic E-state index is 13.3. The SMILES string of the molecule is O=C(NCCO)[C@@H](Cc1ccccc1)N(Cc1ccccc1)C(=O)COc1ccccc1. The largest absolute Gasteiger partial charge is 0.484 e. The summed E-state index contributed by atoms with van der Waals surface area (Å²) in [5.74, 6) is -0.0190. The summed E-state index contributed by atoms with van der Waals surface area (Å²) >= 11 is 0. The molecule has 3 aromatic carbocycles. The first-order valence-corrected chi connectivity index (χ1v) is 10.6. The Bertz CT molecular complexity index is 965. The highest BCUT2D eigenvalue weighted by Crippen LogP contribution is 2.16. The van der Waals surface area contributed by atoms with E-state index in [9.17, 15) is 9.59 Å². The van der Waals surface area contributed by atoms with E-state index in [1.54, 1.807) is 17.0 Å². The first-order valence-electron chi connectivity index (χ1n) is 10.6. The third kappa shape index (κ3) is 6.96. The van der Waals surface area contributed by atoms with Crippen molar-refractivity contribution in [1.82, 2.24) is 10.2 Å². The quantitative estimate of drug-likeness (QED) is 0.488. The highest BCUT2D eigenvalue weighted by atomic mass is 16.5. The summed E-state index contributed by atoms with van der Waals surface area (Å²) in [6, 6.07) is 27.5. The lowest BCUT2D eigenvalue weighted by molar-refractivity contribution is -0.142. The molecule has 2 N–H and O–H groups in total. The lowest BCUT2D eigenvalue weighted by atomic mass is 10.0. The van der Waals surface area contributed by atoms with Crippen LogP contribution in [-0.2, 0) is 22.6 Å². The standard InChI is InChI=1S/C26H28N2O4/c29-17-16-27-26(31)24(18-21-10-4-1-5-11-21)28(19-22-12-6-2-7-13-22)25(30)20-32-23-14-8-3-9-15-23/h1-15,24,29H,16-20H2,(H,27,31)/t24-/m1/s1. The first-order chi connectivity index (χ1) is 15.7. The Morgan fingerprint density at radius 1 is 0.844 bits per heavy atom. The van der Waals surface area contributed by atoms with Crippen molar-refractivity contribution < 1.29 is 19.4 Å². The van der Waals surface area contributed by atoms with E-state index in [-0.39, 0.29) is 38.1 Å². The van der Waals surface area contributed by atoms with Gasteiger partial charge in [0, 0.05) is 19.5 Å². The molecule has 2 amide bonds. The van der Waals surface area contributed by atoms with Gasteiger partial charge < -0.3 is 20.1 Å². The number of benzene rings is 3. The Balaban J connectivity index is 1.86. The first kappa shape index (κ1) is 23.0. The normalized spacial score (nSPS) is 11.4. The smallest absolute Gasteiger partial charge is 0.261 e. The molecule has 0 saturated carbocycles. The molecular weight excluding hydrogens is 404 g/mol. The van der Waals surface area contributed by atoms with Crippen molar-refractivity contribution in [2.75, 3.05) is 19.8 Å². The second kappa shape index (κ2) is 12.3. The molecule has 166 valence electrons. The summed E-state index contributed by atoms with van der Waals surface area (Å²) in [5, 5.41) is 11.9. The average Bonchev–Trinajstić information content (AvgIpc) is 2.85. The van der Waals surface area contributed by atoms with E-state index in [4.69, 9.17) is 9.84 Å². The lowest BCUT2D eigenvalue weighted by Gasteiger charge is -2.31. The summed E-state index contributed by atoms with van der Waals surface area (Å²) in [6.45, 7) is 0.0306. The van der Waals surface area contributed by atoms with Gasteiger partial charge in [-0.25, -0.2) is 0 Å². The topological polar surface area (TPSA) is 78.9 Å². The van der Waals surface area contributed by atoms with Crippen LogP contribution in [0.1, 0.15) is 11.1 Å². The van der Waals surface area contributed by atoms with Gasteiger partial charge in [-0.3, -0.25) is 9.59 Å². The number of nitrogens with zero attached hydrogens (tertiary/aromatic N) is 1. The molecule has 0 radical (unpaired) electrons. The minimum Gasteiger partial charge on any atom is -0.484 e. The number of aliphatic hydroxyl groups excluding tert-OH is 1. The van der Waals surface area contributed by atoms with Crippen molar-refractivity contribution in [3.8, 4) is 5.75 Å². The van der Waals surface area contributed by atoms with E-state index in [1.165, 1.54) is 0 Å². The van der Waals surface area contributed by atoms with E-state index < -0.39 is 6.04 Å². The molecule has 1 atom stereocenters. The fraction of sp³-hybridized carbons (Fsp3) is 0.231. The molecule has 0 bridgehead atoms. The summed E-state index contributed by atoms with van der Waals surface area (Å²) < 4.78 is 5.68. The van der Waals surface area contributed by atoms with Crippen molar-refractivity contribution in [2.24, 2.45) is 0 Å². The molecule has 6 heteroatoms. The molecule has 0 aliphatic heterocycles. The molecule has 3 rings (SSSR count). The average molecular weight is 433 g/mol. The molecule has 0 heterocycles. The second-order valence-corrected chi connectivity index (χ2v) is 7.33. The Hall–Kier alpha value is -3.64. The van der Waals surface area contributed by atoms with Crippen LogP contribution in [0.4, 0.5) is 0 Å². The molecule has 0 aliphatic carbocycles. The van der Waals surface area contributed by atoms with Gasteiger partial charge in [-0.15, -0.1) is 0 Å². The van der Waals surface area contributed by atoms with Gasteiger partial charge in [-0.1, -0.05) is 78.9 Å². The van der Waals surface area contributed by atoms with E-state index >= 15 is 0 Å². The third-order valence-corrected chi connectivity index (χ3v) is 4.98. The van der Waals surface area contributed by atoms with Crippen LogP contribution in [0, 0.1) is 0 Å². The van der Waals surface area contributed by atoms with Gasteiger partial charge in [-0.2, -0.15) is 0 Å². The van der Waals surface area contributed by atoms with Gasteiger partial charge in [0.2, 0.25) is 5.91 Å². The fourth-order valence-corrected chi connectivity index (χ4v) is 3.38. The fourth-order valence-electron chi connectivity index (χ4n) is 3.38. The summed E-state index contributed by atoms with van der Waals surface area (Å²) in [6.07, 6.45) is 0.349. The van der Waals surface area contributed by atoms with Gasteiger partial charge in [-0.05, 0) is 23.3 Å². The van der Waals surface area contributed by atoms with Crippen LogP contribution in [0.5, 0.6) is 5.75 Å². The number of para-hydroxylation sites is 1.